The van der Waals surface area contributed by atoms with Crippen LogP contribution in [0.2, 0.25) is 0 Å². The highest BCUT2D eigenvalue weighted by atomic mass is 16.5. The van der Waals surface area contributed by atoms with E-state index in [2.05, 4.69) is 0 Å². The summed E-state index contributed by atoms with van der Waals surface area (Å²) in [6.07, 6.45) is 1.12. The van der Waals surface area contributed by atoms with Gasteiger partial charge in [-0.15, -0.1) is 0 Å². The van der Waals surface area contributed by atoms with Crippen LogP contribution in [0.25, 0.3) is 10.8 Å². The van der Waals surface area contributed by atoms with Crippen molar-refractivity contribution in [1.29, 1.82) is 0 Å². The molecule has 0 aromatic heterocycles. The van der Waals surface area contributed by atoms with Gasteiger partial charge in [0.05, 0.1) is 10.9 Å². The number of rotatable bonds is 4. The van der Waals surface area contributed by atoms with E-state index < -0.39 is 5.97 Å². The number of fused-ring (bicyclic) bond motifs is 2. The number of carbonyl (C=O) groups is 2. The third-order valence-electron chi connectivity index (χ3n) is 4.55. The molecule has 3 aromatic carbocycles. The Bertz CT molecular complexity index is 1010. The Morgan fingerprint density at radius 3 is 2.62 bits per heavy atom. The van der Waals surface area contributed by atoms with Crippen LogP contribution in [-0.2, 0) is 17.8 Å². The van der Waals surface area contributed by atoms with Gasteiger partial charge in [0.15, 0.2) is 11.5 Å². The first-order valence-electron chi connectivity index (χ1n) is 8.60. The summed E-state index contributed by atoms with van der Waals surface area (Å²) in [6.45, 7) is 1.74. The van der Waals surface area contributed by atoms with Crippen LogP contribution < -0.4 is 9.47 Å². The van der Waals surface area contributed by atoms with E-state index in [1.165, 1.54) is 6.92 Å². The van der Waals surface area contributed by atoms with Gasteiger partial charge in [-0.2, -0.15) is 0 Å². The number of benzene rings is 3. The average Bonchev–Trinajstić information content (AvgIpc) is 3.01. The quantitative estimate of drug-likeness (QED) is 0.516. The zero-order valence-electron chi connectivity index (χ0n) is 14.5. The lowest BCUT2D eigenvalue weighted by molar-refractivity contribution is -0.131. The molecular formula is C22H18O4. The molecule has 0 N–H and O–H groups in total. The highest BCUT2D eigenvalue weighted by Gasteiger charge is 2.28. The lowest BCUT2D eigenvalue weighted by atomic mass is 10.00. The molecule has 26 heavy (non-hydrogen) atoms. The second kappa shape index (κ2) is 6.64. The molecule has 0 spiro atoms. The number of esters is 1. The number of ether oxygens (including phenoxy) is 2. The van der Waals surface area contributed by atoms with Crippen LogP contribution in [0.5, 0.6) is 11.5 Å². The van der Waals surface area contributed by atoms with Gasteiger partial charge in [0.2, 0.25) is 0 Å². The van der Waals surface area contributed by atoms with Gasteiger partial charge in [0.1, 0.15) is 12.4 Å². The summed E-state index contributed by atoms with van der Waals surface area (Å²) in [7, 11) is 0. The van der Waals surface area contributed by atoms with Gasteiger partial charge in [0.25, 0.3) is 0 Å². The zero-order chi connectivity index (χ0) is 18.1. The maximum atomic E-state index is 12.4. The highest BCUT2D eigenvalue weighted by molar-refractivity contribution is 6.10. The van der Waals surface area contributed by atoms with Crippen LogP contribution in [0.3, 0.4) is 0 Å². The van der Waals surface area contributed by atoms with Crippen molar-refractivity contribution in [2.45, 2.75) is 26.4 Å². The molecule has 0 unspecified atom stereocenters. The molecule has 0 heterocycles. The van der Waals surface area contributed by atoms with Crippen LogP contribution in [0.4, 0.5) is 0 Å². The number of hydrogen-bond donors (Lipinski definition) is 0. The van der Waals surface area contributed by atoms with Crippen molar-refractivity contribution >= 4 is 22.5 Å². The third-order valence-corrected chi connectivity index (χ3v) is 4.55. The Labute approximate surface area is 151 Å². The Balaban J connectivity index is 1.84. The first-order valence-corrected chi connectivity index (χ1v) is 8.60. The highest BCUT2D eigenvalue weighted by Crippen LogP contribution is 2.42. The summed E-state index contributed by atoms with van der Waals surface area (Å²) in [5, 5.41) is 1.58. The van der Waals surface area contributed by atoms with Gasteiger partial charge in [0, 0.05) is 13.3 Å². The van der Waals surface area contributed by atoms with E-state index >= 15 is 0 Å². The summed E-state index contributed by atoms with van der Waals surface area (Å²) in [4.78, 5) is 24.0. The Hall–Kier alpha value is -3.14. The molecule has 1 aliphatic rings. The smallest absolute Gasteiger partial charge is 0.308 e. The van der Waals surface area contributed by atoms with Gasteiger partial charge >= 0.3 is 5.97 Å². The predicted molar refractivity (Wildman–Crippen MR) is 98.7 cm³/mol. The van der Waals surface area contributed by atoms with Crippen LogP contribution >= 0.6 is 0 Å². The molecule has 0 saturated heterocycles. The third kappa shape index (κ3) is 2.94. The number of carbonyl (C=O) groups excluding carboxylic acids is 2. The summed E-state index contributed by atoms with van der Waals surface area (Å²) in [5.74, 6) is 0.495. The van der Waals surface area contributed by atoms with Gasteiger partial charge < -0.3 is 9.47 Å². The fourth-order valence-electron chi connectivity index (χ4n) is 3.42. The number of ketones is 1. The van der Waals surface area contributed by atoms with Crippen molar-refractivity contribution in [2.75, 3.05) is 0 Å². The number of Topliss-reactive ketones (excluding diaryl/α,β-unsaturated/α-hetero) is 1. The van der Waals surface area contributed by atoms with Crippen LogP contribution in [0, 0.1) is 0 Å². The lowest BCUT2D eigenvalue weighted by Gasteiger charge is -2.15. The van der Waals surface area contributed by atoms with E-state index in [9.17, 15) is 9.59 Å². The standard InChI is InChI=1S/C22H18O4/c1-14(23)26-22-20-17(10-11-18(20)24)12-16-8-5-9-19(21(16)22)25-13-15-6-3-2-4-7-15/h2-9,12H,10-11,13H2,1H3. The van der Waals surface area contributed by atoms with E-state index in [1.54, 1.807) is 0 Å². The minimum atomic E-state index is -0.447. The van der Waals surface area contributed by atoms with Gasteiger partial charge in [-0.25, -0.2) is 0 Å². The molecule has 4 heteroatoms. The van der Waals surface area contributed by atoms with E-state index in [-0.39, 0.29) is 5.78 Å². The number of aryl methyl sites for hydroxylation is 1. The molecule has 3 aromatic rings. The molecule has 0 amide bonds. The van der Waals surface area contributed by atoms with Crippen molar-refractivity contribution in [3.05, 3.63) is 71.3 Å². The molecule has 0 atom stereocenters. The van der Waals surface area contributed by atoms with E-state index in [0.717, 1.165) is 16.5 Å². The molecule has 0 bridgehead atoms. The second-order valence-electron chi connectivity index (χ2n) is 6.39. The summed E-state index contributed by atoms with van der Waals surface area (Å²) in [6, 6.07) is 17.5. The predicted octanol–water partition coefficient (Wildman–Crippen LogP) is 4.47. The minimum Gasteiger partial charge on any atom is -0.488 e. The Morgan fingerprint density at radius 2 is 1.85 bits per heavy atom. The summed E-state index contributed by atoms with van der Waals surface area (Å²) < 4.78 is 11.5. The van der Waals surface area contributed by atoms with Crippen LogP contribution in [0.15, 0.2) is 54.6 Å². The van der Waals surface area contributed by atoms with E-state index in [4.69, 9.17) is 9.47 Å². The zero-order valence-corrected chi connectivity index (χ0v) is 14.5. The van der Waals surface area contributed by atoms with Crippen molar-refractivity contribution in [3.8, 4) is 11.5 Å². The first kappa shape index (κ1) is 16.3. The van der Waals surface area contributed by atoms with E-state index in [0.29, 0.717) is 41.9 Å². The molecule has 4 rings (SSSR count). The lowest BCUT2D eigenvalue weighted by Crippen LogP contribution is -2.07. The fraction of sp³-hybridized carbons (Fsp3) is 0.182. The molecule has 0 radical (unpaired) electrons. The summed E-state index contributed by atoms with van der Waals surface area (Å²) in [5.41, 5.74) is 2.48. The largest absolute Gasteiger partial charge is 0.488 e. The molecular weight excluding hydrogens is 328 g/mol. The molecule has 0 fully saturated rings. The number of hydrogen-bond acceptors (Lipinski definition) is 4. The van der Waals surface area contributed by atoms with Crippen LogP contribution in [-0.4, -0.2) is 11.8 Å². The van der Waals surface area contributed by atoms with Gasteiger partial charge in [-0.1, -0.05) is 48.5 Å². The maximum Gasteiger partial charge on any atom is 0.308 e. The van der Waals surface area contributed by atoms with E-state index in [1.807, 2.05) is 54.6 Å². The summed E-state index contributed by atoms with van der Waals surface area (Å²) >= 11 is 0. The minimum absolute atomic E-state index is 0.0102. The molecule has 1 aliphatic carbocycles. The monoisotopic (exact) mass is 346 g/mol. The van der Waals surface area contributed by atoms with Crippen molar-refractivity contribution in [1.82, 2.24) is 0 Å². The fourth-order valence-corrected chi connectivity index (χ4v) is 3.42. The average molecular weight is 346 g/mol. The molecule has 0 aliphatic heterocycles. The van der Waals surface area contributed by atoms with Crippen molar-refractivity contribution < 1.29 is 19.1 Å². The normalized spacial score (nSPS) is 12.9. The van der Waals surface area contributed by atoms with Crippen molar-refractivity contribution in [2.24, 2.45) is 0 Å². The van der Waals surface area contributed by atoms with Gasteiger partial charge in [-0.3, -0.25) is 9.59 Å². The Kier molecular flexibility index (Phi) is 4.17. The molecule has 0 saturated carbocycles. The Morgan fingerprint density at radius 1 is 1.04 bits per heavy atom. The second-order valence-corrected chi connectivity index (χ2v) is 6.39. The first-order chi connectivity index (χ1) is 12.6. The SMILES string of the molecule is CC(=O)Oc1c2c(cc3cccc(OCc4ccccc4)c13)CCC2=O. The van der Waals surface area contributed by atoms with Crippen LogP contribution in [0.1, 0.15) is 34.8 Å². The topological polar surface area (TPSA) is 52.6 Å². The van der Waals surface area contributed by atoms with Gasteiger partial charge in [-0.05, 0) is 29.0 Å². The van der Waals surface area contributed by atoms with Crippen molar-refractivity contribution in [3.63, 3.8) is 0 Å². The molecule has 4 nitrogen and oxygen atoms in total. The molecule has 130 valence electrons. The maximum absolute atomic E-state index is 12.4.